The van der Waals surface area contributed by atoms with Gasteiger partial charge in [0.25, 0.3) is 0 Å². The maximum absolute atomic E-state index is 11.8. The van der Waals surface area contributed by atoms with Crippen molar-refractivity contribution in [2.24, 2.45) is 0 Å². The van der Waals surface area contributed by atoms with Crippen molar-refractivity contribution >= 4 is 15.8 Å². The molecule has 1 rings (SSSR count). The average Bonchev–Trinajstić information content (AvgIpc) is 2.29. The van der Waals surface area contributed by atoms with Crippen LogP contribution in [0.2, 0.25) is 0 Å². The lowest BCUT2D eigenvalue weighted by Gasteiger charge is -2.05. The Bertz CT molecular complexity index is 514. The van der Waals surface area contributed by atoms with Crippen LogP contribution in [-0.2, 0) is 15.6 Å². The number of nitrogens with zero attached hydrogens (tertiary/aromatic N) is 2. The second-order valence-corrected chi connectivity index (χ2v) is 6.17. The average molecular weight is 272 g/mol. The quantitative estimate of drug-likeness (QED) is 0.751. The van der Waals surface area contributed by atoms with E-state index in [2.05, 4.69) is 9.97 Å². The van der Waals surface area contributed by atoms with Gasteiger partial charge in [-0.1, -0.05) is 19.8 Å². The minimum atomic E-state index is -3.32. The monoisotopic (exact) mass is 272 g/mol. The molecule has 0 saturated carbocycles. The summed E-state index contributed by atoms with van der Waals surface area (Å²) in [5.74, 6) is -1.50. The molecule has 100 valence electrons. The van der Waals surface area contributed by atoms with Crippen LogP contribution >= 0.6 is 0 Å². The van der Waals surface area contributed by atoms with Crippen LogP contribution in [0.1, 0.15) is 42.2 Å². The van der Waals surface area contributed by atoms with Crippen molar-refractivity contribution < 1.29 is 18.3 Å². The Labute approximate surface area is 106 Å². The number of unbranched alkanes of at least 4 members (excludes halogenated alkanes) is 2. The van der Waals surface area contributed by atoms with E-state index >= 15 is 0 Å². The first-order chi connectivity index (χ1) is 8.46. The molecule has 0 radical (unpaired) electrons. The molecule has 0 aliphatic heterocycles. The molecule has 1 N–H and O–H groups in total. The lowest BCUT2D eigenvalue weighted by molar-refractivity contribution is 0.0695. The van der Waals surface area contributed by atoms with Crippen LogP contribution in [0.15, 0.2) is 12.5 Å². The molecule has 6 nitrogen and oxygen atoms in total. The minimum absolute atomic E-state index is 0.0500. The van der Waals surface area contributed by atoms with Gasteiger partial charge in [-0.15, -0.1) is 0 Å². The summed E-state index contributed by atoms with van der Waals surface area (Å²) >= 11 is 0. The second-order valence-electron chi connectivity index (χ2n) is 3.99. The fourth-order valence-corrected chi connectivity index (χ4v) is 2.94. The highest BCUT2D eigenvalue weighted by Gasteiger charge is 2.18. The van der Waals surface area contributed by atoms with Gasteiger partial charge in [-0.2, -0.15) is 0 Å². The molecule has 0 aromatic carbocycles. The lowest BCUT2D eigenvalue weighted by Crippen LogP contribution is -2.14. The van der Waals surface area contributed by atoms with Crippen LogP contribution in [0.25, 0.3) is 0 Å². The van der Waals surface area contributed by atoms with E-state index in [1.807, 2.05) is 6.92 Å². The summed E-state index contributed by atoms with van der Waals surface area (Å²) in [6.45, 7) is 1.99. The molecule has 0 unspecified atom stereocenters. The zero-order valence-corrected chi connectivity index (χ0v) is 11.0. The van der Waals surface area contributed by atoms with Gasteiger partial charge in [-0.25, -0.2) is 23.2 Å². The molecule has 0 aliphatic rings. The van der Waals surface area contributed by atoms with Crippen molar-refractivity contribution in [3.63, 3.8) is 0 Å². The van der Waals surface area contributed by atoms with Gasteiger partial charge in [-0.05, 0) is 6.42 Å². The van der Waals surface area contributed by atoms with Gasteiger partial charge in [-0.3, -0.25) is 0 Å². The molecule has 1 aromatic rings. The predicted octanol–water partition coefficient (Wildman–Crippen LogP) is 1.28. The van der Waals surface area contributed by atoms with Gasteiger partial charge in [0.1, 0.15) is 11.9 Å². The number of carboxylic acid groups (broad SMARTS) is 1. The van der Waals surface area contributed by atoms with E-state index in [0.717, 1.165) is 25.4 Å². The Balaban J connectivity index is 2.81. The standard InChI is InChI=1S/C11H16N2O4S/c1-2-3-4-5-18(16,17)7-10-9(11(14)15)6-12-8-13-10/h6,8H,2-5,7H2,1H3,(H,14,15). The molecule has 0 bridgehead atoms. The molecule has 0 spiro atoms. The molecule has 18 heavy (non-hydrogen) atoms. The summed E-state index contributed by atoms with van der Waals surface area (Å²) in [6.07, 6.45) is 4.64. The fourth-order valence-electron chi connectivity index (χ4n) is 1.50. The zero-order chi connectivity index (χ0) is 13.6. The van der Waals surface area contributed by atoms with Gasteiger partial charge in [0.2, 0.25) is 0 Å². The predicted molar refractivity (Wildman–Crippen MR) is 66.0 cm³/mol. The molecular formula is C11H16N2O4S. The van der Waals surface area contributed by atoms with Gasteiger partial charge >= 0.3 is 5.97 Å². The SMILES string of the molecule is CCCCCS(=O)(=O)Cc1ncncc1C(=O)O. The number of aromatic nitrogens is 2. The summed E-state index contributed by atoms with van der Waals surface area (Å²) in [5, 5.41) is 8.90. The zero-order valence-electron chi connectivity index (χ0n) is 10.2. The Hall–Kier alpha value is -1.50. The van der Waals surface area contributed by atoms with Gasteiger partial charge in [0.15, 0.2) is 9.84 Å². The number of aromatic carboxylic acids is 1. The fraction of sp³-hybridized carbons (Fsp3) is 0.545. The van der Waals surface area contributed by atoms with E-state index in [4.69, 9.17) is 5.11 Å². The van der Waals surface area contributed by atoms with E-state index in [1.54, 1.807) is 0 Å². The van der Waals surface area contributed by atoms with Gasteiger partial charge in [0.05, 0.1) is 17.2 Å². The first-order valence-electron chi connectivity index (χ1n) is 5.69. The number of hydrogen-bond acceptors (Lipinski definition) is 5. The molecule has 0 amide bonds. The van der Waals surface area contributed by atoms with Crippen LogP contribution in [0.5, 0.6) is 0 Å². The number of carbonyl (C=O) groups is 1. The first-order valence-corrected chi connectivity index (χ1v) is 7.51. The third kappa shape index (κ3) is 4.40. The second kappa shape index (κ2) is 6.44. The van der Waals surface area contributed by atoms with Crippen LogP contribution < -0.4 is 0 Å². The molecule has 0 atom stereocenters. The maximum Gasteiger partial charge on any atom is 0.339 e. The molecule has 7 heteroatoms. The Morgan fingerprint density at radius 3 is 2.72 bits per heavy atom. The summed E-state index contributed by atoms with van der Waals surface area (Å²) in [6, 6.07) is 0. The summed E-state index contributed by atoms with van der Waals surface area (Å²) in [4.78, 5) is 18.2. The Morgan fingerprint density at radius 1 is 1.39 bits per heavy atom. The molecule has 0 aliphatic carbocycles. The largest absolute Gasteiger partial charge is 0.478 e. The Morgan fingerprint density at radius 2 is 2.11 bits per heavy atom. The molecule has 1 heterocycles. The molecule has 0 saturated heterocycles. The Kier molecular flexibility index (Phi) is 5.21. The van der Waals surface area contributed by atoms with E-state index in [1.165, 1.54) is 0 Å². The van der Waals surface area contributed by atoms with Gasteiger partial charge < -0.3 is 5.11 Å². The van der Waals surface area contributed by atoms with Crippen LogP contribution in [0.4, 0.5) is 0 Å². The normalized spacial score (nSPS) is 11.4. The highest BCUT2D eigenvalue weighted by Crippen LogP contribution is 2.11. The van der Waals surface area contributed by atoms with Crippen molar-refractivity contribution in [2.45, 2.75) is 31.9 Å². The summed E-state index contributed by atoms with van der Waals surface area (Å²) in [5.41, 5.74) is -0.106. The summed E-state index contributed by atoms with van der Waals surface area (Å²) < 4.78 is 23.6. The smallest absolute Gasteiger partial charge is 0.339 e. The third-order valence-corrected chi connectivity index (χ3v) is 4.06. The van der Waals surface area contributed by atoms with Crippen LogP contribution in [0.3, 0.4) is 0 Å². The van der Waals surface area contributed by atoms with Gasteiger partial charge in [0, 0.05) is 6.20 Å². The number of hydrogen-bond donors (Lipinski definition) is 1. The first kappa shape index (κ1) is 14.6. The third-order valence-electron chi connectivity index (χ3n) is 2.44. The van der Waals surface area contributed by atoms with Crippen molar-refractivity contribution in [1.82, 2.24) is 9.97 Å². The van der Waals surface area contributed by atoms with Crippen molar-refractivity contribution in [3.8, 4) is 0 Å². The van der Waals surface area contributed by atoms with Crippen molar-refractivity contribution in [2.75, 3.05) is 5.75 Å². The number of carboxylic acids is 1. The maximum atomic E-state index is 11.8. The van der Waals surface area contributed by atoms with E-state index in [-0.39, 0.29) is 22.8 Å². The number of rotatable bonds is 7. The summed E-state index contributed by atoms with van der Waals surface area (Å²) in [7, 11) is -3.32. The van der Waals surface area contributed by atoms with Crippen molar-refractivity contribution in [1.29, 1.82) is 0 Å². The van der Waals surface area contributed by atoms with E-state index in [0.29, 0.717) is 6.42 Å². The number of sulfone groups is 1. The van der Waals surface area contributed by atoms with Crippen LogP contribution in [-0.4, -0.2) is 35.2 Å². The lowest BCUT2D eigenvalue weighted by atomic mass is 10.2. The van der Waals surface area contributed by atoms with Crippen molar-refractivity contribution in [3.05, 3.63) is 23.8 Å². The highest BCUT2D eigenvalue weighted by atomic mass is 32.2. The molecular weight excluding hydrogens is 256 g/mol. The topological polar surface area (TPSA) is 97.2 Å². The van der Waals surface area contributed by atoms with Crippen LogP contribution in [0, 0.1) is 0 Å². The minimum Gasteiger partial charge on any atom is -0.478 e. The van der Waals surface area contributed by atoms with E-state index < -0.39 is 15.8 Å². The van der Waals surface area contributed by atoms with E-state index in [9.17, 15) is 13.2 Å². The molecule has 0 fully saturated rings. The highest BCUT2D eigenvalue weighted by molar-refractivity contribution is 7.90. The molecule has 1 aromatic heterocycles.